The summed E-state index contributed by atoms with van der Waals surface area (Å²) in [6.45, 7) is 4.26. The number of nitrogens with zero attached hydrogens (tertiary/aromatic N) is 1. The van der Waals surface area contributed by atoms with Gasteiger partial charge < -0.3 is 14.2 Å². The van der Waals surface area contributed by atoms with Gasteiger partial charge in [-0.15, -0.1) is 0 Å². The molecule has 1 N–H and O–H groups in total. The van der Waals surface area contributed by atoms with Gasteiger partial charge >= 0.3 is 53.3 Å². The van der Waals surface area contributed by atoms with Gasteiger partial charge in [0.05, 0.1) is 13.2 Å². The number of benzene rings is 2. The zero-order chi connectivity index (χ0) is 25.7. The van der Waals surface area contributed by atoms with Crippen LogP contribution in [-0.4, -0.2) is 90.0 Å². The number of ketones is 1. The third-order valence-electron chi connectivity index (χ3n) is 5.68. The quantitative estimate of drug-likeness (QED) is 0.241. The van der Waals surface area contributed by atoms with E-state index >= 15 is 0 Å². The first-order valence-electron chi connectivity index (χ1n) is 11.7. The van der Waals surface area contributed by atoms with Gasteiger partial charge in [0.1, 0.15) is 0 Å². The van der Waals surface area contributed by atoms with E-state index in [2.05, 4.69) is 5.32 Å². The van der Waals surface area contributed by atoms with Gasteiger partial charge in [-0.3, -0.25) is 14.9 Å². The van der Waals surface area contributed by atoms with Crippen molar-refractivity contribution in [2.45, 2.75) is 38.1 Å². The predicted octanol–water partition coefficient (Wildman–Crippen LogP) is 1.88. The molecule has 1 amide bonds. The second-order valence-corrected chi connectivity index (χ2v) is 8.92. The zero-order valence-electron chi connectivity index (χ0n) is 20.0. The fraction of sp³-hybridized carbons (Fsp3) is 0.385. The molecule has 0 radical (unpaired) electrons. The van der Waals surface area contributed by atoms with Crippen LogP contribution in [0, 0.1) is 5.92 Å². The van der Waals surface area contributed by atoms with Crippen molar-refractivity contribution in [2.75, 3.05) is 19.8 Å². The fourth-order valence-corrected chi connectivity index (χ4v) is 3.95. The number of ether oxygens (including phenoxy) is 3. The topological polar surface area (TPSA) is 120 Å². The number of carbonyl (C=O) groups excluding carboxylic acids is 4. The van der Waals surface area contributed by atoms with Crippen LogP contribution in [0.4, 0.5) is 4.79 Å². The summed E-state index contributed by atoms with van der Waals surface area (Å²) in [5.74, 6) is -3.30. The molecule has 2 aromatic rings. The van der Waals surface area contributed by atoms with E-state index in [0.29, 0.717) is 24.2 Å². The number of nitrogens with one attached hydrogen (secondary N) is 1. The Balaban J connectivity index is 0.00000380. The van der Waals surface area contributed by atoms with E-state index in [4.69, 9.17) is 19.0 Å². The Morgan fingerprint density at radius 1 is 1.05 bits per heavy atom. The second-order valence-electron chi connectivity index (χ2n) is 8.92. The van der Waals surface area contributed by atoms with Gasteiger partial charge in [-0.1, -0.05) is 74.5 Å². The first-order valence-corrected chi connectivity index (χ1v) is 11.7. The number of hydroxylamine groups is 2. The Hall–Kier alpha value is -2.76. The molecule has 2 aliphatic rings. The molecule has 2 aromatic carbocycles. The van der Waals surface area contributed by atoms with E-state index in [-0.39, 0.29) is 48.6 Å². The van der Waals surface area contributed by atoms with Gasteiger partial charge in [0, 0.05) is 6.54 Å². The number of esters is 2. The number of carbonyl (C=O) groups is 4. The van der Waals surface area contributed by atoms with Crippen LogP contribution in [-0.2, 0) is 33.4 Å². The van der Waals surface area contributed by atoms with E-state index in [0.717, 1.165) is 5.06 Å². The molecule has 2 unspecified atom stereocenters. The molecule has 192 valence electrons. The van der Waals surface area contributed by atoms with Crippen LogP contribution in [0.2, 0.25) is 0 Å². The number of Topliss-reactive ketones (excluding diaryl/α,β-unsaturated/α-hetero) is 1. The summed E-state index contributed by atoms with van der Waals surface area (Å²) >= 11 is 0. The normalized spacial score (nSPS) is 21.5. The van der Waals surface area contributed by atoms with E-state index < -0.39 is 41.7 Å². The number of rotatable bonds is 8. The van der Waals surface area contributed by atoms with E-state index in [1.165, 1.54) is 0 Å². The van der Waals surface area contributed by atoms with Crippen LogP contribution in [0.15, 0.2) is 60.7 Å². The third-order valence-corrected chi connectivity index (χ3v) is 5.68. The van der Waals surface area contributed by atoms with Gasteiger partial charge in [0.2, 0.25) is 5.78 Å². The molecule has 2 saturated heterocycles. The number of cyclic esters (lactones) is 1. The molecule has 4 rings (SSSR count). The minimum absolute atomic E-state index is 0. The predicted molar refractivity (Wildman–Crippen MR) is 132 cm³/mol. The van der Waals surface area contributed by atoms with Crippen molar-refractivity contribution in [3.8, 4) is 0 Å². The van der Waals surface area contributed by atoms with Crippen LogP contribution < -0.4 is 5.32 Å². The molecular formula is C26H29N2NaO8. The Morgan fingerprint density at radius 2 is 1.65 bits per heavy atom. The van der Waals surface area contributed by atoms with Crippen molar-refractivity contribution in [3.05, 3.63) is 71.8 Å². The Labute approximate surface area is 236 Å². The maximum atomic E-state index is 13.7. The number of alkyl carbamates (subject to hydrolysis) is 1. The molecule has 2 atom stereocenters. The first-order chi connectivity index (χ1) is 17.3. The van der Waals surface area contributed by atoms with Crippen molar-refractivity contribution < 1.29 is 38.2 Å². The van der Waals surface area contributed by atoms with Gasteiger partial charge in [-0.25, -0.2) is 14.4 Å². The average molecular weight is 521 g/mol. The van der Waals surface area contributed by atoms with Crippen LogP contribution in [0.1, 0.15) is 37.5 Å². The standard InChI is InChI=1S/C26H28N2O8.Na.H/c1-17(2)16-33-25(32)27-26(22(29)20(23(30)36-26)28-14-9-15-34-28)24(31)35-21(18-10-5-3-6-11-18)19-12-7-4-8-13-19;;/h3-8,10-13,17,20-21H,9,14-16H2,1-2H3,(H,27,32);;. The molecule has 10 nitrogen and oxygen atoms in total. The molecule has 11 heteroatoms. The molecule has 0 saturated carbocycles. The monoisotopic (exact) mass is 520 g/mol. The summed E-state index contributed by atoms with van der Waals surface area (Å²) in [6.07, 6.45) is -1.46. The Kier molecular flexibility index (Phi) is 9.86. The fourth-order valence-electron chi connectivity index (χ4n) is 3.95. The van der Waals surface area contributed by atoms with Crippen molar-refractivity contribution in [2.24, 2.45) is 5.92 Å². The number of amides is 1. The Morgan fingerprint density at radius 3 is 2.16 bits per heavy atom. The second kappa shape index (κ2) is 12.7. The van der Waals surface area contributed by atoms with Crippen LogP contribution in [0.25, 0.3) is 0 Å². The average Bonchev–Trinajstić information content (AvgIpc) is 3.48. The third kappa shape index (κ3) is 6.39. The molecule has 2 fully saturated rings. The molecule has 0 spiro atoms. The summed E-state index contributed by atoms with van der Waals surface area (Å²) in [6, 6.07) is 16.2. The number of hydrogen-bond acceptors (Lipinski definition) is 9. The molecule has 0 aromatic heterocycles. The maximum absolute atomic E-state index is 13.7. The molecule has 37 heavy (non-hydrogen) atoms. The zero-order valence-corrected chi connectivity index (χ0v) is 20.0. The van der Waals surface area contributed by atoms with Crippen LogP contribution in [0.3, 0.4) is 0 Å². The summed E-state index contributed by atoms with van der Waals surface area (Å²) in [4.78, 5) is 58.0. The molecule has 0 bridgehead atoms. The summed E-state index contributed by atoms with van der Waals surface area (Å²) in [5, 5.41) is 3.34. The van der Waals surface area contributed by atoms with Crippen LogP contribution >= 0.6 is 0 Å². The Bertz CT molecular complexity index is 1070. The van der Waals surface area contributed by atoms with Crippen molar-refractivity contribution in [3.63, 3.8) is 0 Å². The van der Waals surface area contributed by atoms with Crippen molar-refractivity contribution >= 4 is 53.4 Å². The molecule has 2 heterocycles. The van der Waals surface area contributed by atoms with Crippen LogP contribution in [0.5, 0.6) is 0 Å². The van der Waals surface area contributed by atoms with Crippen molar-refractivity contribution in [1.82, 2.24) is 10.4 Å². The summed E-state index contributed by atoms with van der Waals surface area (Å²) < 4.78 is 16.2. The van der Waals surface area contributed by atoms with E-state index in [1.54, 1.807) is 48.5 Å². The molecule has 2 aliphatic heterocycles. The minimum atomic E-state index is -2.73. The van der Waals surface area contributed by atoms with Gasteiger partial charge in [0.25, 0.3) is 0 Å². The van der Waals surface area contributed by atoms with Gasteiger partial charge in [-0.05, 0) is 23.5 Å². The van der Waals surface area contributed by atoms with Gasteiger partial charge in [0.15, 0.2) is 12.1 Å². The van der Waals surface area contributed by atoms with Crippen molar-refractivity contribution in [1.29, 1.82) is 0 Å². The first kappa shape index (κ1) is 28.8. The number of hydrogen-bond donors (Lipinski definition) is 1. The van der Waals surface area contributed by atoms with E-state index in [1.807, 2.05) is 26.0 Å². The summed E-state index contributed by atoms with van der Waals surface area (Å²) in [7, 11) is 0. The van der Waals surface area contributed by atoms with Gasteiger partial charge in [-0.2, -0.15) is 5.06 Å². The summed E-state index contributed by atoms with van der Waals surface area (Å²) in [5.41, 5.74) is -1.50. The van der Waals surface area contributed by atoms with E-state index in [9.17, 15) is 19.2 Å². The SMILES string of the molecule is CC(C)COC(=O)NC1(C(=O)OC(c2ccccc2)c2ccccc2)OC(=O)C(N2CCCO2)C1=O.[NaH]. The molecular weight excluding hydrogens is 491 g/mol. The molecule has 0 aliphatic carbocycles.